The van der Waals surface area contributed by atoms with Gasteiger partial charge in [-0.15, -0.1) is 0 Å². The Morgan fingerprint density at radius 2 is 2.16 bits per heavy atom. The summed E-state index contributed by atoms with van der Waals surface area (Å²) in [5, 5.41) is 3.03. The number of nitrogens with one attached hydrogen (secondary N) is 1. The van der Waals surface area contributed by atoms with E-state index in [2.05, 4.69) is 23.1 Å². The molecule has 0 saturated heterocycles. The van der Waals surface area contributed by atoms with Crippen LogP contribution in [0.4, 0.5) is 0 Å². The molecule has 0 amide bonds. The van der Waals surface area contributed by atoms with Crippen LogP contribution in [0.3, 0.4) is 0 Å². The van der Waals surface area contributed by atoms with Crippen molar-refractivity contribution in [1.29, 1.82) is 0 Å². The molecule has 1 N–H and O–H groups in total. The third kappa shape index (κ3) is 3.81. The maximum Gasteiger partial charge on any atom is 0.272 e. The van der Waals surface area contributed by atoms with Crippen LogP contribution in [-0.4, -0.2) is 14.6 Å². The highest BCUT2D eigenvalue weighted by atomic mass is 16.1. The topological polar surface area (TPSA) is 50.2 Å². The summed E-state index contributed by atoms with van der Waals surface area (Å²) in [5.41, 5.74) is 1.50. The zero-order valence-corrected chi connectivity index (χ0v) is 11.4. The van der Waals surface area contributed by atoms with E-state index in [4.69, 9.17) is 0 Å². The molecule has 0 fully saturated rings. The minimum Gasteiger partial charge on any atom is -0.290 e. The Kier molecular flexibility index (Phi) is 4.95. The molecule has 0 spiro atoms. The number of hydrogen-bond donors (Lipinski definition) is 1. The molecule has 0 atom stereocenters. The van der Waals surface area contributed by atoms with Crippen molar-refractivity contribution in [3.8, 4) is 0 Å². The number of fused-ring (bicyclic) bond motifs is 1. The van der Waals surface area contributed by atoms with E-state index in [1.165, 1.54) is 48.9 Å². The molecule has 4 nitrogen and oxygen atoms in total. The highest BCUT2D eigenvalue weighted by Gasteiger charge is 1.99. The van der Waals surface area contributed by atoms with Gasteiger partial charge >= 0.3 is 0 Å². The summed E-state index contributed by atoms with van der Waals surface area (Å²) in [4.78, 5) is 15.7. The number of H-pyrrole nitrogens is 1. The summed E-state index contributed by atoms with van der Waals surface area (Å²) in [6, 6.07) is 3.33. The predicted molar refractivity (Wildman–Crippen MR) is 78.2 cm³/mol. The van der Waals surface area contributed by atoms with E-state index >= 15 is 0 Å². The van der Waals surface area contributed by atoms with Crippen molar-refractivity contribution in [2.75, 3.05) is 0 Å². The second-order valence-electron chi connectivity index (χ2n) is 4.79. The molecule has 0 aliphatic rings. The Labute approximate surface area is 113 Å². The molecule has 0 bridgehead atoms. The molecule has 4 heteroatoms. The van der Waals surface area contributed by atoms with E-state index in [0.717, 1.165) is 12.1 Å². The minimum atomic E-state index is -0.0794. The molecule has 2 aromatic heterocycles. The van der Waals surface area contributed by atoms with Gasteiger partial charge in [-0.2, -0.15) is 0 Å². The van der Waals surface area contributed by atoms with Crippen LogP contribution in [0.15, 0.2) is 29.2 Å². The summed E-state index contributed by atoms with van der Waals surface area (Å²) in [6.07, 6.45) is 13.3. The van der Waals surface area contributed by atoms with Gasteiger partial charge in [0.15, 0.2) is 5.65 Å². The second kappa shape index (κ2) is 6.92. The number of aromatic nitrogens is 3. The van der Waals surface area contributed by atoms with Gasteiger partial charge in [-0.1, -0.05) is 38.7 Å². The first-order valence-electron chi connectivity index (χ1n) is 7.04. The lowest BCUT2D eigenvalue weighted by Gasteiger charge is -1.95. The highest BCUT2D eigenvalue weighted by Crippen LogP contribution is 2.08. The lowest BCUT2D eigenvalue weighted by molar-refractivity contribution is 0.638. The van der Waals surface area contributed by atoms with E-state index in [-0.39, 0.29) is 5.56 Å². The fourth-order valence-corrected chi connectivity index (χ4v) is 2.10. The Hall–Kier alpha value is -1.84. The molecule has 19 heavy (non-hydrogen) atoms. The van der Waals surface area contributed by atoms with Gasteiger partial charge in [0.1, 0.15) is 0 Å². The first kappa shape index (κ1) is 13.6. The van der Waals surface area contributed by atoms with Crippen LogP contribution in [0.1, 0.15) is 51.1 Å². The van der Waals surface area contributed by atoms with Crippen LogP contribution in [-0.2, 0) is 0 Å². The Morgan fingerprint density at radius 3 is 2.95 bits per heavy atom. The lowest BCUT2D eigenvalue weighted by atomic mass is 10.1. The van der Waals surface area contributed by atoms with E-state index in [0.29, 0.717) is 5.65 Å². The van der Waals surface area contributed by atoms with Crippen molar-refractivity contribution >= 4 is 11.7 Å². The third-order valence-corrected chi connectivity index (χ3v) is 3.17. The fourth-order valence-electron chi connectivity index (χ4n) is 2.10. The van der Waals surface area contributed by atoms with E-state index in [1.807, 2.05) is 12.1 Å². The van der Waals surface area contributed by atoms with Gasteiger partial charge in [-0.25, -0.2) is 9.50 Å². The second-order valence-corrected chi connectivity index (χ2v) is 4.79. The maximum absolute atomic E-state index is 11.5. The number of unbranched alkanes of at least 4 members (excludes halogenated alkanes) is 5. The molecule has 2 rings (SSSR count). The molecule has 0 radical (unpaired) electrons. The van der Waals surface area contributed by atoms with Crippen LogP contribution in [0.25, 0.3) is 11.7 Å². The van der Waals surface area contributed by atoms with Gasteiger partial charge in [-0.05, 0) is 18.9 Å². The monoisotopic (exact) mass is 259 g/mol. The zero-order valence-electron chi connectivity index (χ0n) is 11.4. The Bertz CT molecular complexity index is 595. The number of hydrogen-bond acceptors (Lipinski definition) is 2. The summed E-state index contributed by atoms with van der Waals surface area (Å²) < 4.78 is 1.46. The number of allylic oxidation sites excluding steroid dienone is 1. The van der Waals surface area contributed by atoms with E-state index < -0.39 is 0 Å². The van der Waals surface area contributed by atoms with Crippen LogP contribution in [0, 0.1) is 0 Å². The summed E-state index contributed by atoms with van der Waals surface area (Å²) in [7, 11) is 0. The predicted octanol–water partition coefficient (Wildman–Crippen LogP) is 3.40. The van der Waals surface area contributed by atoms with Gasteiger partial charge in [0.05, 0.1) is 5.69 Å². The number of nitrogens with zero attached hydrogens (tertiary/aromatic N) is 2. The first-order valence-corrected chi connectivity index (χ1v) is 7.04. The number of rotatable bonds is 7. The molecular weight excluding hydrogens is 238 g/mol. The summed E-state index contributed by atoms with van der Waals surface area (Å²) >= 11 is 0. The molecule has 102 valence electrons. The molecule has 0 unspecified atom stereocenters. The smallest absolute Gasteiger partial charge is 0.272 e. The Balaban J connectivity index is 1.87. The fraction of sp³-hybridized carbons (Fsp3) is 0.467. The molecule has 0 aliphatic carbocycles. The van der Waals surface area contributed by atoms with Crippen molar-refractivity contribution in [1.82, 2.24) is 14.6 Å². The molecule has 0 aliphatic heterocycles. The largest absolute Gasteiger partial charge is 0.290 e. The van der Waals surface area contributed by atoms with Gasteiger partial charge in [0, 0.05) is 18.3 Å². The van der Waals surface area contributed by atoms with Crippen molar-refractivity contribution in [3.05, 3.63) is 40.5 Å². The van der Waals surface area contributed by atoms with Gasteiger partial charge in [0.25, 0.3) is 5.56 Å². The average Bonchev–Trinajstić information content (AvgIpc) is 2.82. The maximum atomic E-state index is 11.5. The number of aromatic amines is 1. The molecule has 2 heterocycles. The van der Waals surface area contributed by atoms with Crippen LogP contribution in [0.2, 0.25) is 0 Å². The quantitative estimate of drug-likeness (QED) is 0.775. The zero-order chi connectivity index (χ0) is 13.5. The lowest BCUT2D eigenvalue weighted by Crippen LogP contribution is -2.12. The van der Waals surface area contributed by atoms with Crippen molar-refractivity contribution in [2.24, 2.45) is 0 Å². The van der Waals surface area contributed by atoms with Crippen molar-refractivity contribution < 1.29 is 0 Å². The average molecular weight is 259 g/mol. The molecule has 0 saturated carbocycles. The van der Waals surface area contributed by atoms with Crippen molar-refractivity contribution in [2.45, 2.75) is 45.4 Å². The normalized spacial score (nSPS) is 11.6. The highest BCUT2D eigenvalue weighted by molar-refractivity contribution is 5.52. The SMILES string of the molecule is CCCCCCCC=Cc1cc2nccc(=O)n2[nH]1. The standard InChI is InChI=1S/C15H21N3O/c1-2-3-4-5-6-7-8-9-13-12-14-16-11-10-15(19)18(14)17-13/h8-12,17H,2-7H2,1H3. The molecular formula is C15H21N3O. The molecule has 0 aromatic carbocycles. The Morgan fingerprint density at radius 1 is 1.32 bits per heavy atom. The van der Waals surface area contributed by atoms with Crippen LogP contribution in [0.5, 0.6) is 0 Å². The minimum absolute atomic E-state index is 0.0794. The summed E-state index contributed by atoms with van der Waals surface area (Å²) in [5.74, 6) is 0. The van der Waals surface area contributed by atoms with Crippen LogP contribution < -0.4 is 5.56 Å². The first-order chi connectivity index (χ1) is 9.31. The third-order valence-electron chi connectivity index (χ3n) is 3.17. The van der Waals surface area contributed by atoms with Crippen molar-refractivity contribution in [3.63, 3.8) is 0 Å². The van der Waals surface area contributed by atoms with E-state index in [1.54, 1.807) is 0 Å². The summed E-state index contributed by atoms with van der Waals surface area (Å²) in [6.45, 7) is 2.23. The van der Waals surface area contributed by atoms with Crippen LogP contribution >= 0.6 is 0 Å². The van der Waals surface area contributed by atoms with E-state index in [9.17, 15) is 4.79 Å². The van der Waals surface area contributed by atoms with Gasteiger partial charge in [-0.3, -0.25) is 9.89 Å². The van der Waals surface area contributed by atoms with Gasteiger partial charge < -0.3 is 0 Å². The molecule has 2 aromatic rings. The van der Waals surface area contributed by atoms with Gasteiger partial charge in [0.2, 0.25) is 0 Å².